The average Bonchev–Trinajstić information content (AvgIpc) is 3.23. The first-order valence-electron chi connectivity index (χ1n) is 10.7. The second-order valence-electron chi connectivity index (χ2n) is 8.00. The lowest BCUT2D eigenvalue weighted by molar-refractivity contribution is -0.123. The largest absolute Gasteiger partial charge is 0.473 e. The minimum absolute atomic E-state index is 0.139. The van der Waals surface area contributed by atoms with Crippen LogP contribution in [0.4, 0.5) is 14.6 Å². The number of anilines is 1. The number of piperidine rings is 1. The van der Waals surface area contributed by atoms with Crippen LogP contribution in [0.25, 0.3) is 0 Å². The van der Waals surface area contributed by atoms with Crippen molar-refractivity contribution in [1.82, 2.24) is 15.1 Å². The molecule has 1 aromatic heterocycles. The number of nitrogens with zero attached hydrogens (tertiary/aromatic N) is 2. The van der Waals surface area contributed by atoms with Gasteiger partial charge in [0.15, 0.2) is 27.2 Å². The van der Waals surface area contributed by atoms with Crippen molar-refractivity contribution >= 4 is 21.6 Å². The summed E-state index contributed by atoms with van der Waals surface area (Å²) < 4.78 is 60.6. The molecular weight excluding hydrogens is 466 g/mol. The molecule has 1 fully saturated rings. The smallest absolute Gasteiger partial charge is 0.271 e. The van der Waals surface area contributed by atoms with Crippen LogP contribution < -0.4 is 15.4 Å². The van der Waals surface area contributed by atoms with Crippen LogP contribution in [0.3, 0.4) is 0 Å². The highest BCUT2D eigenvalue weighted by molar-refractivity contribution is 7.92. The molecule has 0 saturated carbocycles. The minimum atomic E-state index is -3.54. The van der Waals surface area contributed by atoms with Crippen molar-refractivity contribution in [3.8, 4) is 5.75 Å². The van der Waals surface area contributed by atoms with Crippen LogP contribution in [0.2, 0.25) is 0 Å². The van der Waals surface area contributed by atoms with Gasteiger partial charge in [-0.25, -0.2) is 17.2 Å². The molecule has 0 radical (unpaired) electrons. The maximum absolute atomic E-state index is 14.2. The van der Waals surface area contributed by atoms with Crippen molar-refractivity contribution in [2.24, 2.45) is 7.05 Å². The van der Waals surface area contributed by atoms with Crippen molar-refractivity contribution < 1.29 is 26.7 Å². The van der Waals surface area contributed by atoms with Crippen LogP contribution in [-0.4, -0.2) is 42.4 Å². The molecule has 1 saturated heterocycles. The molecule has 2 N–H and O–H groups in total. The number of sulfone groups is 1. The molecule has 1 amide bonds. The second kappa shape index (κ2) is 9.90. The third kappa shape index (κ3) is 5.26. The lowest BCUT2D eigenvalue weighted by atomic mass is 10.1. The summed E-state index contributed by atoms with van der Waals surface area (Å²) in [5.41, 5.74) is 0.293. The van der Waals surface area contributed by atoms with E-state index in [0.717, 1.165) is 12.1 Å². The summed E-state index contributed by atoms with van der Waals surface area (Å²) in [4.78, 5) is 13.2. The van der Waals surface area contributed by atoms with Gasteiger partial charge in [-0.2, -0.15) is 5.10 Å². The van der Waals surface area contributed by atoms with E-state index in [1.54, 1.807) is 19.3 Å². The number of amides is 1. The van der Waals surface area contributed by atoms with Gasteiger partial charge in [0.2, 0.25) is 6.10 Å². The Bertz CT molecular complexity index is 1270. The molecule has 3 aromatic rings. The average molecular weight is 491 g/mol. The van der Waals surface area contributed by atoms with Crippen LogP contribution in [0.1, 0.15) is 24.5 Å². The summed E-state index contributed by atoms with van der Waals surface area (Å²) in [6.07, 6.45) is 1.32. The molecule has 1 aliphatic rings. The van der Waals surface area contributed by atoms with Gasteiger partial charge in [-0.15, -0.1) is 0 Å². The Morgan fingerprint density at radius 2 is 1.85 bits per heavy atom. The van der Waals surface area contributed by atoms with Gasteiger partial charge in [-0.1, -0.05) is 12.1 Å². The van der Waals surface area contributed by atoms with E-state index in [0.29, 0.717) is 37.6 Å². The highest BCUT2D eigenvalue weighted by atomic mass is 32.2. The molecular formula is C23H24F2N4O4S. The lowest BCUT2D eigenvalue weighted by Gasteiger charge is -2.23. The van der Waals surface area contributed by atoms with Gasteiger partial charge in [-0.05, 0) is 50.2 Å². The Balaban J connectivity index is 1.62. The second-order valence-corrected chi connectivity index (χ2v) is 10.2. The lowest BCUT2D eigenvalue weighted by Crippen LogP contribution is -2.35. The fourth-order valence-corrected chi connectivity index (χ4v) is 5.53. The molecule has 34 heavy (non-hydrogen) atoms. The molecule has 1 aliphatic heterocycles. The highest BCUT2D eigenvalue weighted by Gasteiger charge is 2.30. The van der Waals surface area contributed by atoms with E-state index in [2.05, 4.69) is 15.7 Å². The van der Waals surface area contributed by atoms with Crippen LogP contribution in [0, 0.1) is 11.6 Å². The van der Waals surface area contributed by atoms with Crippen LogP contribution in [0.5, 0.6) is 5.75 Å². The summed E-state index contributed by atoms with van der Waals surface area (Å²) in [5.74, 6) is -2.48. The van der Waals surface area contributed by atoms with Crippen molar-refractivity contribution in [3.05, 3.63) is 71.9 Å². The molecule has 8 nitrogen and oxygen atoms in total. The Hall–Kier alpha value is -3.31. The number of hydrogen-bond donors (Lipinski definition) is 2. The first kappa shape index (κ1) is 23.8. The van der Waals surface area contributed by atoms with Crippen LogP contribution in [-0.2, 0) is 21.7 Å². The van der Waals surface area contributed by atoms with E-state index in [1.165, 1.54) is 28.9 Å². The van der Waals surface area contributed by atoms with Crippen LogP contribution >= 0.6 is 0 Å². The summed E-state index contributed by atoms with van der Waals surface area (Å²) >= 11 is 0. The van der Waals surface area contributed by atoms with E-state index >= 15 is 0 Å². The SMILES string of the molecule is Cn1ccc(NC(=O)C(Oc2ccc(F)cc2F)c2ccc(S(=O)(=O)C3CCNCC3)cc2)n1. The number of halogens is 2. The van der Waals surface area contributed by atoms with Crippen molar-refractivity contribution in [3.63, 3.8) is 0 Å². The number of aryl methyl sites for hydroxylation is 1. The normalized spacial score (nSPS) is 15.6. The predicted molar refractivity (Wildman–Crippen MR) is 121 cm³/mol. The molecule has 2 aromatic carbocycles. The Morgan fingerprint density at radius 3 is 2.47 bits per heavy atom. The first-order valence-corrected chi connectivity index (χ1v) is 12.3. The van der Waals surface area contributed by atoms with Gasteiger partial charge in [0.1, 0.15) is 5.82 Å². The van der Waals surface area contributed by atoms with E-state index in [4.69, 9.17) is 4.74 Å². The first-order chi connectivity index (χ1) is 16.2. The molecule has 1 atom stereocenters. The number of nitrogens with one attached hydrogen (secondary N) is 2. The van der Waals surface area contributed by atoms with Crippen molar-refractivity contribution in [2.45, 2.75) is 29.1 Å². The summed E-state index contributed by atoms with van der Waals surface area (Å²) in [5, 5.41) is 9.34. The van der Waals surface area contributed by atoms with E-state index in [-0.39, 0.29) is 16.5 Å². The summed E-state index contributed by atoms with van der Waals surface area (Å²) in [6.45, 7) is 1.27. The monoisotopic (exact) mass is 490 g/mol. The van der Waals surface area contributed by atoms with Crippen molar-refractivity contribution in [1.29, 1.82) is 0 Å². The summed E-state index contributed by atoms with van der Waals surface area (Å²) in [6, 6.07) is 10.1. The van der Waals surface area contributed by atoms with E-state index in [9.17, 15) is 22.0 Å². The maximum atomic E-state index is 14.2. The molecule has 1 unspecified atom stereocenters. The third-order valence-electron chi connectivity index (χ3n) is 5.58. The molecule has 0 aliphatic carbocycles. The molecule has 180 valence electrons. The van der Waals surface area contributed by atoms with Gasteiger partial charge in [0.05, 0.1) is 10.1 Å². The van der Waals surface area contributed by atoms with Gasteiger partial charge < -0.3 is 15.4 Å². The van der Waals surface area contributed by atoms with Crippen LogP contribution in [0.15, 0.2) is 59.6 Å². The Kier molecular flexibility index (Phi) is 6.94. The molecule has 2 heterocycles. The van der Waals surface area contributed by atoms with E-state index in [1.807, 2.05) is 0 Å². The Morgan fingerprint density at radius 1 is 1.15 bits per heavy atom. The number of rotatable bonds is 7. The van der Waals surface area contributed by atoms with E-state index < -0.39 is 38.7 Å². The molecule has 4 rings (SSSR count). The minimum Gasteiger partial charge on any atom is -0.473 e. The number of benzene rings is 2. The number of carbonyl (C=O) groups excluding carboxylic acids is 1. The predicted octanol–water partition coefficient (Wildman–Crippen LogP) is 2.98. The topological polar surface area (TPSA) is 102 Å². The van der Waals surface area contributed by atoms with Gasteiger partial charge in [0.25, 0.3) is 5.91 Å². The van der Waals surface area contributed by atoms with Gasteiger partial charge in [-0.3, -0.25) is 9.48 Å². The van der Waals surface area contributed by atoms with Crippen molar-refractivity contribution in [2.75, 3.05) is 18.4 Å². The highest BCUT2D eigenvalue weighted by Crippen LogP contribution is 2.29. The zero-order valence-corrected chi connectivity index (χ0v) is 19.2. The number of aromatic nitrogens is 2. The van der Waals surface area contributed by atoms with Gasteiger partial charge in [0, 0.05) is 30.9 Å². The number of ether oxygens (including phenoxy) is 1. The maximum Gasteiger partial charge on any atom is 0.271 e. The zero-order valence-electron chi connectivity index (χ0n) is 18.4. The standard InChI is InChI=1S/C23H24F2N4O4S/c1-29-13-10-21(28-29)27-23(30)22(33-20-7-4-16(24)14-19(20)25)15-2-5-17(6-3-15)34(31,32)18-8-11-26-12-9-18/h2-7,10,13-14,18,22,26H,8-9,11-12H2,1H3,(H,27,28,30). The molecule has 0 spiro atoms. The third-order valence-corrected chi connectivity index (χ3v) is 7.86. The fraction of sp³-hybridized carbons (Fsp3) is 0.304. The quantitative estimate of drug-likeness (QED) is 0.528. The number of carbonyl (C=O) groups is 1. The van der Waals surface area contributed by atoms with Gasteiger partial charge >= 0.3 is 0 Å². The molecule has 11 heteroatoms. The fourth-order valence-electron chi connectivity index (χ4n) is 3.77. The zero-order chi connectivity index (χ0) is 24.3. The number of hydrogen-bond acceptors (Lipinski definition) is 6. The molecule has 0 bridgehead atoms. The summed E-state index contributed by atoms with van der Waals surface area (Å²) in [7, 11) is -1.86. The Labute approximate surface area is 195 Å².